The Hall–Kier alpha value is -6.43. The third-order valence-electron chi connectivity index (χ3n) is 13.1. The van der Waals surface area contributed by atoms with E-state index in [-0.39, 0.29) is 31.6 Å². The molecule has 3 aromatic heterocycles. The van der Waals surface area contributed by atoms with Gasteiger partial charge in [-0.15, -0.1) is 59.2 Å². The Morgan fingerprint density at radius 1 is 0.672 bits per heavy atom. The predicted molar refractivity (Wildman–Crippen MR) is 280 cm³/mol. The molecule has 1 fully saturated rings. The third-order valence-corrected chi connectivity index (χ3v) is 15.1. The molecule has 0 atom stereocenters. The molecule has 0 spiro atoms. The molecule has 6 heteroatoms. The van der Waals surface area contributed by atoms with Crippen LogP contribution in [0.5, 0.6) is 0 Å². The number of aryl methyl sites for hydroxylation is 1. The fourth-order valence-corrected chi connectivity index (χ4v) is 11.1. The molecule has 4 nitrogen and oxygen atoms in total. The van der Waals surface area contributed by atoms with E-state index in [0.717, 1.165) is 97.4 Å². The second-order valence-electron chi connectivity index (χ2n) is 18.6. The molecule has 8 aromatic carbocycles. The van der Waals surface area contributed by atoms with Crippen molar-refractivity contribution in [2.24, 2.45) is 5.92 Å². The Balaban J connectivity index is 0.000000176. The summed E-state index contributed by atoms with van der Waals surface area (Å²) >= 11 is 0. The first-order valence-corrected chi connectivity index (χ1v) is 26.6. The predicted octanol–water partition coefficient (Wildman–Crippen LogP) is 15.9. The summed E-state index contributed by atoms with van der Waals surface area (Å²) in [5, 5.41) is 8.02. The fourth-order valence-electron chi connectivity index (χ4n) is 9.70. The third kappa shape index (κ3) is 8.82. The maximum atomic E-state index is 9.03. The van der Waals surface area contributed by atoms with Gasteiger partial charge in [0.25, 0.3) is 0 Å². The number of furan rings is 1. The number of fused-ring (bicyclic) bond motifs is 8. The maximum absolute atomic E-state index is 9.03. The van der Waals surface area contributed by atoms with Crippen molar-refractivity contribution in [2.45, 2.75) is 65.0 Å². The number of nitrogens with zero attached hydrogens (tertiary/aromatic N) is 3. The maximum Gasteiger partial charge on any atom is 0.120 e. The van der Waals surface area contributed by atoms with Gasteiger partial charge >= 0.3 is 0 Å². The van der Waals surface area contributed by atoms with Gasteiger partial charge in [-0.25, -0.2) is 0 Å². The largest absolute Gasteiger partial charge is 0.500 e. The van der Waals surface area contributed by atoms with Gasteiger partial charge in [0.15, 0.2) is 0 Å². The molecule has 3 heterocycles. The van der Waals surface area contributed by atoms with Crippen molar-refractivity contribution in [3.8, 4) is 39.5 Å². The monoisotopic (exact) mass is 1070 g/mol. The Labute approximate surface area is 415 Å². The first-order valence-electron chi connectivity index (χ1n) is 25.6. The van der Waals surface area contributed by atoms with Crippen LogP contribution in [0.4, 0.5) is 0 Å². The molecule has 67 heavy (non-hydrogen) atoms. The molecule has 333 valence electrons. The van der Waals surface area contributed by atoms with Crippen LogP contribution in [0.1, 0.15) is 50.1 Å². The second-order valence-corrected chi connectivity index (χ2v) is 23.6. The topological polar surface area (TPSA) is 43.9 Å². The van der Waals surface area contributed by atoms with Gasteiger partial charge in [-0.05, 0) is 74.7 Å². The van der Waals surface area contributed by atoms with Crippen molar-refractivity contribution >= 4 is 67.8 Å². The molecule has 0 amide bonds. The molecule has 1 saturated carbocycles. The zero-order chi connectivity index (χ0) is 49.1. The van der Waals surface area contributed by atoms with Crippen LogP contribution in [0.2, 0.25) is 19.6 Å². The van der Waals surface area contributed by atoms with Crippen LogP contribution in [0.3, 0.4) is 0 Å². The van der Waals surface area contributed by atoms with Crippen LogP contribution in [0, 0.1) is 24.9 Å². The molecule has 12 rings (SSSR count). The van der Waals surface area contributed by atoms with E-state index in [4.69, 9.17) is 16.3 Å². The molecule has 1 radical (unpaired) electrons. The fraction of sp³-hybridized carbons (Fsp3) is 0.180. The van der Waals surface area contributed by atoms with Gasteiger partial charge in [0.1, 0.15) is 5.58 Å². The number of hydrogen-bond donors (Lipinski definition) is 0. The number of rotatable bonds is 7. The van der Waals surface area contributed by atoms with E-state index < -0.39 is 21.3 Å². The molecular weight excluding hydrogens is 1010 g/mol. The van der Waals surface area contributed by atoms with E-state index in [9.17, 15) is 0 Å². The first-order chi connectivity index (χ1) is 34.2. The van der Waals surface area contributed by atoms with Crippen LogP contribution in [-0.2, 0) is 26.5 Å². The molecule has 0 bridgehead atoms. The summed E-state index contributed by atoms with van der Waals surface area (Å²) in [6.45, 7) is 4.51. The molecule has 11 aromatic rings. The molecule has 1 aliphatic carbocycles. The van der Waals surface area contributed by atoms with Gasteiger partial charge in [-0.3, -0.25) is 4.98 Å². The van der Waals surface area contributed by atoms with Gasteiger partial charge in [-0.2, -0.15) is 0 Å². The van der Waals surface area contributed by atoms with E-state index >= 15 is 0 Å². The van der Waals surface area contributed by atoms with Gasteiger partial charge in [0.2, 0.25) is 0 Å². The quantitative estimate of drug-likeness (QED) is 0.0907. The molecular formula is C61H53IrN3OSi-2. The molecule has 0 aliphatic heterocycles. The summed E-state index contributed by atoms with van der Waals surface area (Å²) in [7, 11) is -1.80. The normalized spacial score (nSPS) is 14.8. The number of para-hydroxylation sites is 1. The Morgan fingerprint density at radius 2 is 1.43 bits per heavy atom. The Bertz CT molecular complexity index is 3760. The van der Waals surface area contributed by atoms with Gasteiger partial charge in [-0.1, -0.05) is 179 Å². The molecule has 0 unspecified atom stereocenters. The van der Waals surface area contributed by atoms with Gasteiger partial charge in [0.05, 0.1) is 30.5 Å². The summed E-state index contributed by atoms with van der Waals surface area (Å²) in [5.41, 5.74) is 10.4. The van der Waals surface area contributed by atoms with Crippen molar-refractivity contribution in [1.82, 2.24) is 14.5 Å². The van der Waals surface area contributed by atoms with E-state index in [1.165, 1.54) is 34.2 Å². The number of pyridine rings is 1. The summed E-state index contributed by atoms with van der Waals surface area (Å²) in [4.78, 5) is 9.99. The Kier molecular flexibility index (Phi) is 10.8. The van der Waals surface area contributed by atoms with E-state index in [2.05, 4.69) is 163 Å². The number of imidazole rings is 1. The van der Waals surface area contributed by atoms with Gasteiger partial charge < -0.3 is 14.0 Å². The number of aromatic nitrogens is 3. The van der Waals surface area contributed by atoms with Crippen LogP contribution in [0.25, 0.3) is 94.0 Å². The first kappa shape index (κ1) is 38.6. The van der Waals surface area contributed by atoms with E-state index in [0.29, 0.717) is 11.3 Å². The smallest absolute Gasteiger partial charge is 0.120 e. The number of benzene rings is 8. The van der Waals surface area contributed by atoms with Crippen molar-refractivity contribution in [2.75, 3.05) is 0 Å². The van der Waals surface area contributed by atoms with E-state index in [1.54, 1.807) is 12.1 Å². The van der Waals surface area contributed by atoms with Crippen molar-refractivity contribution in [3.63, 3.8) is 0 Å². The minimum absolute atomic E-state index is 0. The minimum atomic E-state index is -2.16. The van der Waals surface area contributed by atoms with Crippen molar-refractivity contribution < 1.29 is 31.4 Å². The van der Waals surface area contributed by atoms with Crippen LogP contribution >= 0.6 is 0 Å². The molecule has 0 N–H and O–H groups in total. The average molecular weight is 1070 g/mol. The summed E-state index contributed by atoms with van der Waals surface area (Å²) in [5.74, 6) is 0.881. The van der Waals surface area contributed by atoms with Crippen LogP contribution in [0.15, 0.2) is 174 Å². The zero-order valence-electron chi connectivity index (χ0n) is 42.9. The van der Waals surface area contributed by atoms with Crippen LogP contribution in [-0.4, -0.2) is 22.6 Å². The van der Waals surface area contributed by atoms with Gasteiger partial charge in [0, 0.05) is 49.6 Å². The molecule has 1 aliphatic rings. The summed E-state index contributed by atoms with van der Waals surface area (Å²) in [6, 6.07) is 62.1. The summed E-state index contributed by atoms with van der Waals surface area (Å²) in [6.07, 6.45) is 5.68. The molecule has 0 saturated heterocycles. The summed E-state index contributed by atoms with van der Waals surface area (Å²) < 4.78 is 49.0. The van der Waals surface area contributed by atoms with E-state index in [1.807, 2.05) is 30.5 Å². The van der Waals surface area contributed by atoms with Crippen molar-refractivity contribution in [3.05, 3.63) is 193 Å². The number of hydrogen-bond acceptors (Lipinski definition) is 3. The SMILES string of the molecule is [2H]C([2H])([2H])c1c[c-]c(-c2cc(C([2H])([2H])C3CCCCC3)c([Si](C)(C)C)cn2)cc1.[Ir].[c-]1cc2oc3ccccc3c2cc1-c1nc2c3ccc4ccccc4c3ccc2n1-c1cccc(-c2ccccc2)c1. The van der Waals surface area contributed by atoms with Crippen LogP contribution < -0.4 is 5.19 Å². The zero-order valence-corrected chi connectivity index (χ0v) is 41.3. The minimum Gasteiger partial charge on any atom is -0.500 e. The standard InChI is InChI=1S/C39H23N2O.C22H30NSi.Ir/c1-2-9-25(10-3-1)27-12-8-13-29(23-27)41-35-21-20-31-30-14-5-4-11-26(30)17-19-33(31)38(35)40-39(41)28-18-22-37-34(24-28)32-15-6-7-16-36(32)42-37;1-17-10-12-19(13-11-17)21-15-20(14-18-8-6-5-7-9-18)22(16-23-21)24(2,3)4;/h1-17,19-24H;10-12,15-16,18H,5-9,14H2,1-4H3;/q2*-1;/i;1D3,14D2;. The average Bonchev–Trinajstić information content (AvgIpc) is 3.98. The Morgan fingerprint density at radius 3 is 2.24 bits per heavy atom. The van der Waals surface area contributed by atoms with Crippen molar-refractivity contribution in [1.29, 1.82) is 0 Å². The second kappa shape index (κ2) is 18.7.